The van der Waals surface area contributed by atoms with Gasteiger partial charge in [-0.25, -0.2) is 4.79 Å². The van der Waals surface area contributed by atoms with E-state index >= 15 is 0 Å². The summed E-state index contributed by atoms with van der Waals surface area (Å²) in [5, 5.41) is 10.1. The third-order valence-corrected chi connectivity index (χ3v) is 2.80. The average molecular weight is 218 g/mol. The molecule has 84 valence electrons. The Morgan fingerprint density at radius 1 is 1.38 bits per heavy atom. The minimum atomic E-state index is -0.896. The molecule has 1 aliphatic heterocycles. The Hall–Kier alpha value is -1.61. The van der Waals surface area contributed by atoms with E-state index < -0.39 is 17.7 Å². The molecular weight excluding hydrogens is 204 g/mol. The molecule has 0 bridgehead atoms. The first-order chi connectivity index (χ1) is 7.60. The van der Waals surface area contributed by atoms with Crippen LogP contribution in [-0.2, 0) is 16.0 Å². The van der Waals surface area contributed by atoms with Crippen molar-refractivity contribution in [2.24, 2.45) is 0 Å². The number of rotatable bonds is 3. The Labute approximate surface area is 94.4 Å². The second-order valence-electron chi connectivity index (χ2n) is 4.14. The fourth-order valence-electron chi connectivity index (χ4n) is 1.74. The van der Waals surface area contributed by atoms with Crippen LogP contribution in [0.5, 0.6) is 0 Å². The van der Waals surface area contributed by atoms with Crippen molar-refractivity contribution < 1.29 is 14.6 Å². The maximum absolute atomic E-state index is 11.0. The molecule has 0 fully saturated rings. The van der Waals surface area contributed by atoms with Crippen molar-refractivity contribution in [2.75, 3.05) is 0 Å². The van der Waals surface area contributed by atoms with E-state index in [9.17, 15) is 9.90 Å². The van der Waals surface area contributed by atoms with Gasteiger partial charge in [0.2, 0.25) is 0 Å². The number of carbonyl (C=O) groups excluding carboxylic acids is 1. The number of ether oxygens (including phenoxy) is 1. The summed E-state index contributed by atoms with van der Waals surface area (Å²) < 4.78 is 5.08. The van der Waals surface area contributed by atoms with Crippen LogP contribution in [0.25, 0.3) is 0 Å². The summed E-state index contributed by atoms with van der Waals surface area (Å²) in [6.07, 6.45) is 2.71. The molecule has 16 heavy (non-hydrogen) atoms. The molecule has 2 atom stereocenters. The van der Waals surface area contributed by atoms with Gasteiger partial charge in [-0.1, -0.05) is 30.3 Å². The Morgan fingerprint density at radius 2 is 2.06 bits per heavy atom. The van der Waals surface area contributed by atoms with Crippen molar-refractivity contribution in [3.8, 4) is 0 Å². The first kappa shape index (κ1) is 10.9. The van der Waals surface area contributed by atoms with E-state index in [2.05, 4.69) is 0 Å². The van der Waals surface area contributed by atoms with Crippen LogP contribution in [0.2, 0.25) is 0 Å². The summed E-state index contributed by atoms with van der Waals surface area (Å²) in [5.74, 6) is -0.394. The third kappa shape index (κ3) is 2.14. The molecule has 2 rings (SSSR count). The Bertz CT molecular complexity index is 410. The second-order valence-corrected chi connectivity index (χ2v) is 4.14. The molecule has 0 unspecified atom stereocenters. The summed E-state index contributed by atoms with van der Waals surface area (Å²) in [7, 11) is 0. The Morgan fingerprint density at radius 3 is 2.62 bits per heavy atom. The maximum atomic E-state index is 11.0. The van der Waals surface area contributed by atoms with Crippen LogP contribution >= 0.6 is 0 Å². The second kappa shape index (κ2) is 4.10. The van der Waals surface area contributed by atoms with E-state index in [0.29, 0.717) is 6.42 Å². The van der Waals surface area contributed by atoms with Crippen LogP contribution < -0.4 is 0 Å². The molecule has 0 saturated heterocycles. The summed E-state index contributed by atoms with van der Waals surface area (Å²) in [4.78, 5) is 11.0. The van der Waals surface area contributed by atoms with Crippen LogP contribution in [0, 0.1) is 0 Å². The molecule has 0 aromatic heterocycles. The SMILES string of the molecule is C[C@@]1([C@@H](O)Cc2ccccc2)C=CC(=O)O1. The number of cyclic esters (lactones) is 1. The zero-order valence-corrected chi connectivity index (χ0v) is 9.09. The number of aliphatic hydroxyl groups excluding tert-OH is 1. The molecule has 3 heteroatoms. The highest BCUT2D eigenvalue weighted by Gasteiger charge is 2.37. The van der Waals surface area contributed by atoms with Gasteiger partial charge in [-0.2, -0.15) is 0 Å². The van der Waals surface area contributed by atoms with Crippen LogP contribution in [-0.4, -0.2) is 22.8 Å². The molecule has 1 aromatic rings. The summed E-state index contributed by atoms with van der Waals surface area (Å²) in [6.45, 7) is 1.71. The van der Waals surface area contributed by atoms with Gasteiger partial charge in [0.1, 0.15) is 6.10 Å². The van der Waals surface area contributed by atoms with Gasteiger partial charge in [-0.3, -0.25) is 0 Å². The monoisotopic (exact) mass is 218 g/mol. The minimum Gasteiger partial charge on any atom is -0.449 e. The molecule has 0 saturated carbocycles. The fourth-order valence-corrected chi connectivity index (χ4v) is 1.74. The number of esters is 1. The van der Waals surface area contributed by atoms with Gasteiger partial charge in [0.05, 0.1) is 0 Å². The van der Waals surface area contributed by atoms with Crippen LogP contribution in [0.15, 0.2) is 42.5 Å². The van der Waals surface area contributed by atoms with E-state index in [1.54, 1.807) is 13.0 Å². The smallest absolute Gasteiger partial charge is 0.331 e. The standard InChI is InChI=1S/C13H14O3/c1-13(8-7-12(15)16-13)11(14)9-10-5-3-2-4-6-10/h2-8,11,14H,9H2,1H3/t11-,13-/m0/s1. The van der Waals surface area contributed by atoms with Gasteiger partial charge in [-0.05, 0) is 18.6 Å². The molecule has 1 heterocycles. The van der Waals surface area contributed by atoms with Gasteiger partial charge in [0.25, 0.3) is 0 Å². The largest absolute Gasteiger partial charge is 0.449 e. The minimum absolute atomic E-state index is 0.394. The maximum Gasteiger partial charge on any atom is 0.331 e. The van der Waals surface area contributed by atoms with Gasteiger partial charge in [0.15, 0.2) is 5.60 Å². The predicted molar refractivity (Wildman–Crippen MR) is 59.8 cm³/mol. The van der Waals surface area contributed by atoms with Crippen molar-refractivity contribution in [2.45, 2.75) is 25.0 Å². The molecule has 1 N–H and O–H groups in total. The van der Waals surface area contributed by atoms with Crippen molar-refractivity contribution in [1.82, 2.24) is 0 Å². The number of aliphatic hydroxyl groups is 1. The predicted octanol–water partition coefficient (Wildman–Crippen LogP) is 1.46. The topological polar surface area (TPSA) is 46.5 Å². The van der Waals surface area contributed by atoms with Crippen molar-refractivity contribution in [1.29, 1.82) is 0 Å². The highest BCUT2D eigenvalue weighted by atomic mass is 16.6. The fraction of sp³-hybridized carbons (Fsp3) is 0.308. The summed E-state index contributed by atoms with van der Waals surface area (Å²) in [6, 6.07) is 9.63. The zero-order chi connectivity index (χ0) is 11.6. The normalized spacial score (nSPS) is 25.5. The van der Waals surface area contributed by atoms with Crippen molar-refractivity contribution in [3.05, 3.63) is 48.0 Å². The van der Waals surface area contributed by atoms with Crippen LogP contribution in [0.4, 0.5) is 0 Å². The lowest BCUT2D eigenvalue weighted by Crippen LogP contribution is -2.40. The van der Waals surface area contributed by atoms with Gasteiger partial charge >= 0.3 is 5.97 Å². The lowest BCUT2D eigenvalue weighted by Gasteiger charge is -2.27. The van der Waals surface area contributed by atoms with Crippen molar-refractivity contribution >= 4 is 5.97 Å². The van der Waals surface area contributed by atoms with E-state index in [4.69, 9.17) is 4.74 Å². The van der Waals surface area contributed by atoms with E-state index in [0.717, 1.165) is 5.56 Å². The zero-order valence-electron chi connectivity index (χ0n) is 9.09. The van der Waals surface area contributed by atoms with Gasteiger partial charge in [-0.15, -0.1) is 0 Å². The molecule has 0 amide bonds. The molecule has 3 nitrogen and oxygen atoms in total. The van der Waals surface area contributed by atoms with Gasteiger partial charge < -0.3 is 9.84 Å². The number of hydrogen-bond donors (Lipinski definition) is 1. The third-order valence-electron chi connectivity index (χ3n) is 2.80. The molecule has 1 aromatic carbocycles. The molecule has 0 spiro atoms. The van der Waals surface area contributed by atoms with E-state index in [1.807, 2.05) is 30.3 Å². The first-order valence-electron chi connectivity index (χ1n) is 5.24. The lowest BCUT2D eigenvalue weighted by molar-refractivity contribution is -0.152. The highest BCUT2D eigenvalue weighted by Crippen LogP contribution is 2.25. The lowest BCUT2D eigenvalue weighted by atomic mass is 9.94. The van der Waals surface area contributed by atoms with Crippen molar-refractivity contribution in [3.63, 3.8) is 0 Å². The highest BCUT2D eigenvalue weighted by molar-refractivity contribution is 5.85. The van der Waals surface area contributed by atoms with E-state index in [-0.39, 0.29) is 0 Å². The Kier molecular flexibility index (Phi) is 2.79. The number of hydrogen-bond acceptors (Lipinski definition) is 3. The Balaban J connectivity index is 2.07. The van der Waals surface area contributed by atoms with Crippen LogP contribution in [0.1, 0.15) is 12.5 Å². The van der Waals surface area contributed by atoms with E-state index in [1.165, 1.54) is 6.08 Å². The molecule has 1 aliphatic rings. The quantitative estimate of drug-likeness (QED) is 0.781. The number of benzene rings is 1. The average Bonchev–Trinajstić information content (AvgIpc) is 2.61. The van der Waals surface area contributed by atoms with Crippen LogP contribution in [0.3, 0.4) is 0 Å². The first-order valence-corrected chi connectivity index (χ1v) is 5.24. The summed E-state index contributed by atoms with van der Waals surface area (Å²) >= 11 is 0. The molecule has 0 aliphatic carbocycles. The number of carbonyl (C=O) groups is 1. The molecular formula is C13H14O3. The van der Waals surface area contributed by atoms with Gasteiger partial charge in [0, 0.05) is 12.5 Å². The summed E-state index contributed by atoms with van der Waals surface area (Å²) in [5.41, 5.74) is 0.125. The molecule has 0 radical (unpaired) electrons.